The minimum absolute atomic E-state index is 0.0801. The molecule has 0 spiro atoms. The van der Waals surface area contributed by atoms with E-state index in [0.717, 1.165) is 17.2 Å². The lowest BCUT2D eigenvalue weighted by Crippen LogP contribution is -2.22. The molecule has 5 aromatic rings. The van der Waals surface area contributed by atoms with Crippen LogP contribution in [0.4, 0.5) is 13.2 Å². The van der Waals surface area contributed by atoms with Crippen molar-refractivity contribution < 1.29 is 13.2 Å². The minimum Gasteiger partial charge on any atom is -0.293 e. The van der Waals surface area contributed by atoms with Crippen molar-refractivity contribution >= 4 is 21.9 Å². The maximum Gasteiger partial charge on any atom is 0.433 e. The fourth-order valence-corrected chi connectivity index (χ4v) is 4.02. The van der Waals surface area contributed by atoms with Crippen molar-refractivity contribution in [2.45, 2.75) is 13.1 Å². The van der Waals surface area contributed by atoms with E-state index in [0.29, 0.717) is 27.5 Å². The van der Waals surface area contributed by atoms with Gasteiger partial charge in [0, 0.05) is 36.0 Å². The molecule has 0 bridgehead atoms. The molecule has 4 heterocycles. The van der Waals surface area contributed by atoms with Gasteiger partial charge in [-0.3, -0.25) is 19.1 Å². The molecule has 168 valence electrons. The van der Waals surface area contributed by atoms with E-state index in [1.165, 1.54) is 22.1 Å². The van der Waals surface area contributed by atoms with E-state index in [1.807, 2.05) is 24.3 Å². The monoisotopic (exact) mass is 459 g/mol. The number of hydrogen-bond donors (Lipinski definition) is 0. The third-order valence-electron chi connectivity index (χ3n) is 5.71. The first-order chi connectivity index (χ1) is 16.2. The second-order valence-electron chi connectivity index (χ2n) is 7.81. The summed E-state index contributed by atoms with van der Waals surface area (Å²) in [6, 6.07) is 9.51. The van der Waals surface area contributed by atoms with Gasteiger partial charge in [-0.15, -0.1) is 6.42 Å². The highest BCUT2D eigenvalue weighted by Crippen LogP contribution is 2.32. The zero-order valence-electron chi connectivity index (χ0n) is 18.1. The molecule has 4 aromatic heterocycles. The van der Waals surface area contributed by atoms with Crippen molar-refractivity contribution in [3.05, 3.63) is 82.4 Å². The van der Waals surface area contributed by atoms with E-state index >= 15 is 0 Å². The number of rotatable bonds is 2. The molecule has 0 aliphatic carbocycles. The van der Waals surface area contributed by atoms with Crippen molar-refractivity contribution in [2.75, 3.05) is 0 Å². The Hall–Kier alpha value is -4.45. The zero-order valence-corrected chi connectivity index (χ0v) is 18.1. The third-order valence-corrected chi connectivity index (χ3v) is 5.71. The number of halogens is 3. The van der Waals surface area contributed by atoms with Gasteiger partial charge in [-0.25, -0.2) is 9.78 Å². The Morgan fingerprint density at radius 3 is 2.53 bits per heavy atom. The summed E-state index contributed by atoms with van der Waals surface area (Å²) in [7, 11) is 1.59. The highest BCUT2D eigenvalue weighted by molar-refractivity contribution is 6.04. The van der Waals surface area contributed by atoms with Crippen LogP contribution in [0.15, 0.2) is 59.8 Å². The number of terminal acetylenes is 1. The van der Waals surface area contributed by atoms with Gasteiger partial charge < -0.3 is 0 Å². The molecule has 6 nitrogen and oxygen atoms in total. The fraction of sp³-hybridized carbons (Fsp3) is 0.120. The van der Waals surface area contributed by atoms with Crippen LogP contribution in [0.3, 0.4) is 0 Å². The lowest BCUT2D eigenvalue weighted by atomic mass is 10.0. The van der Waals surface area contributed by atoms with Crippen molar-refractivity contribution in [3.63, 3.8) is 0 Å². The first-order valence-corrected chi connectivity index (χ1v) is 10.2. The maximum absolute atomic E-state index is 13.2. The van der Waals surface area contributed by atoms with Crippen LogP contribution in [-0.4, -0.2) is 24.1 Å². The summed E-state index contributed by atoms with van der Waals surface area (Å²) < 4.78 is 42.2. The molecule has 0 amide bonds. The summed E-state index contributed by atoms with van der Waals surface area (Å²) in [5.74, 6) is 2.56. The van der Waals surface area contributed by atoms with Crippen LogP contribution in [0.25, 0.3) is 38.8 Å². The second kappa shape index (κ2) is 7.56. The average Bonchev–Trinajstić information content (AvgIpc) is 3.08. The minimum atomic E-state index is -4.58. The molecule has 0 aliphatic heterocycles. The first-order valence-electron chi connectivity index (χ1n) is 10.2. The number of benzene rings is 1. The standard InChI is InChI=1S/C25H16F3N5O/c1-4-15-9-17(12-29-11-15)16-5-6-19-18(10-16)23-21(13-30-19)32(3)24(34)33(23)20-7-8-22(25(26,27)28)31-14(20)2/h1,5-13H,2-3H3. The Balaban J connectivity index is 1.83. The van der Waals surface area contributed by atoms with Crippen molar-refractivity contribution in [3.8, 4) is 29.2 Å². The molecule has 0 saturated heterocycles. The Morgan fingerprint density at radius 1 is 1.03 bits per heavy atom. The van der Waals surface area contributed by atoms with Gasteiger partial charge in [0.15, 0.2) is 0 Å². The molecule has 34 heavy (non-hydrogen) atoms. The van der Waals surface area contributed by atoms with Crippen LogP contribution in [0, 0.1) is 19.3 Å². The lowest BCUT2D eigenvalue weighted by molar-refractivity contribution is -0.141. The summed E-state index contributed by atoms with van der Waals surface area (Å²) >= 11 is 0. The van der Waals surface area contributed by atoms with Crippen molar-refractivity contribution in [1.29, 1.82) is 0 Å². The zero-order chi connectivity index (χ0) is 24.2. The van der Waals surface area contributed by atoms with E-state index in [4.69, 9.17) is 6.42 Å². The van der Waals surface area contributed by atoms with Crippen LogP contribution < -0.4 is 5.69 Å². The van der Waals surface area contributed by atoms with Gasteiger partial charge >= 0.3 is 11.9 Å². The van der Waals surface area contributed by atoms with Gasteiger partial charge in [-0.05, 0) is 42.8 Å². The Bertz CT molecular complexity index is 1710. The number of nitrogens with zero attached hydrogens (tertiary/aromatic N) is 5. The molecule has 1 aromatic carbocycles. The molecule has 0 saturated carbocycles. The Labute approximate surface area is 191 Å². The molecule has 0 N–H and O–H groups in total. The predicted octanol–water partition coefficient (Wildman–Crippen LogP) is 4.64. The van der Waals surface area contributed by atoms with E-state index in [1.54, 1.807) is 25.6 Å². The van der Waals surface area contributed by atoms with Gasteiger partial charge in [0.25, 0.3) is 0 Å². The molecule has 0 fully saturated rings. The second-order valence-corrected chi connectivity index (χ2v) is 7.81. The van der Waals surface area contributed by atoms with Gasteiger partial charge in [0.2, 0.25) is 0 Å². The Morgan fingerprint density at radius 2 is 1.82 bits per heavy atom. The molecule has 0 radical (unpaired) electrons. The summed E-state index contributed by atoms with van der Waals surface area (Å²) in [4.78, 5) is 25.6. The fourth-order valence-electron chi connectivity index (χ4n) is 4.02. The van der Waals surface area contributed by atoms with Crippen LogP contribution in [0.5, 0.6) is 0 Å². The highest BCUT2D eigenvalue weighted by atomic mass is 19.4. The summed E-state index contributed by atoms with van der Waals surface area (Å²) in [6.07, 6.45) is 5.75. The van der Waals surface area contributed by atoms with Crippen LogP contribution in [0.2, 0.25) is 0 Å². The molecular weight excluding hydrogens is 443 g/mol. The van der Waals surface area contributed by atoms with Gasteiger partial charge in [-0.1, -0.05) is 12.0 Å². The number of alkyl halides is 3. The maximum atomic E-state index is 13.2. The summed E-state index contributed by atoms with van der Waals surface area (Å²) in [5.41, 5.74) is 2.78. The molecule has 5 rings (SSSR count). The number of aryl methyl sites for hydroxylation is 2. The quantitative estimate of drug-likeness (QED) is 0.361. The van der Waals surface area contributed by atoms with Crippen molar-refractivity contribution in [1.82, 2.24) is 24.1 Å². The Kier molecular flexibility index (Phi) is 4.76. The number of fused-ring (bicyclic) bond motifs is 3. The lowest BCUT2D eigenvalue weighted by Gasteiger charge is -2.12. The van der Waals surface area contributed by atoms with Gasteiger partial charge in [0.05, 0.1) is 34.1 Å². The van der Waals surface area contributed by atoms with E-state index in [-0.39, 0.29) is 11.4 Å². The van der Waals surface area contributed by atoms with Gasteiger partial charge in [0.1, 0.15) is 5.69 Å². The van der Waals surface area contributed by atoms with Crippen LogP contribution in [0.1, 0.15) is 17.0 Å². The molecule has 9 heteroatoms. The molecular formula is C25H16F3N5O. The van der Waals surface area contributed by atoms with E-state index in [2.05, 4.69) is 20.9 Å². The number of imidazole rings is 1. The first kappa shape index (κ1) is 21.4. The normalized spacial score (nSPS) is 11.8. The predicted molar refractivity (Wildman–Crippen MR) is 123 cm³/mol. The largest absolute Gasteiger partial charge is 0.433 e. The van der Waals surface area contributed by atoms with E-state index in [9.17, 15) is 18.0 Å². The SMILES string of the molecule is C#Cc1cncc(-c2ccc3ncc4c(c3c2)n(-c2ccc(C(F)(F)F)nc2C)c(=O)n4C)c1. The summed E-state index contributed by atoms with van der Waals surface area (Å²) in [6.45, 7) is 1.45. The summed E-state index contributed by atoms with van der Waals surface area (Å²) in [5, 5.41) is 0.651. The third kappa shape index (κ3) is 3.31. The van der Waals surface area contributed by atoms with Crippen LogP contribution in [-0.2, 0) is 13.2 Å². The molecule has 0 unspecified atom stereocenters. The smallest absolute Gasteiger partial charge is 0.293 e. The van der Waals surface area contributed by atoms with Gasteiger partial charge in [-0.2, -0.15) is 13.2 Å². The molecule has 0 atom stereocenters. The average molecular weight is 459 g/mol. The number of pyridine rings is 3. The van der Waals surface area contributed by atoms with Crippen LogP contribution >= 0.6 is 0 Å². The van der Waals surface area contributed by atoms with Crippen molar-refractivity contribution in [2.24, 2.45) is 7.05 Å². The number of hydrogen-bond acceptors (Lipinski definition) is 4. The number of aromatic nitrogens is 5. The topological polar surface area (TPSA) is 65.6 Å². The molecule has 0 aliphatic rings. The highest BCUT2D eigenvalue weighted by Gasteiger charge is 2.33. The van der Waals surface area contributed by atoms with E-state index < -0.39 is 17.6 Å².